The van der Waals surface area contributed by atoms with Crippen LogP contribution < -0.4 is 0 Å². The molecule has 0 saturated carbocycles. The summed E-state index contributed by atoms with van der Waals surface area (Å²) < 4.78 is 25.2. The number of aliphatic carboxylic acids is 1. The van der Waals surface area contributed by atoms with Crippen LogP contribution in [0.2, 0.25) is 0 Å². The molecule has 0 aliphatic heterocycles. The second kappa shape index (κ2) is 6.85. The molecule has 6 heteroatoms. The van der Waals surface area contributed by atoms with Crippen molar-refractivity contribution in [3.63, 3.8) is 0 Å². The van der Waals surface area contributed by atoms with Crippen LogP contribution in [-0.4, -0.2) is 42.1 Å². The summed E-state index contributed by atoms with van der Waals surface area (Å²) in [6.07, 6.45) is 0.827. The molecule has 1 N–H and O–H groups in total. The van der Waals surface area contributed by atoms with E-state index in [1.54, 1.807) is 6.92 Å². The summed E-state index contributed by atoms with van der Waals surface area (Å²) in [6.45, 7) is 6.02. The topological polar surface area (TPSA) is 74.7 Å². The molecule has 0 heterocycles. The van der Waals surface area contributed by atoms with Gasteiger partial charge >= 0.3 is 5.97 Å². The van der Waals surface area contributed by atoms with E-state index in [0.29, 0.717) is 6.54 Å². The van der Waals surface area contributed by atoms with Crippen LogP contribution in [0.4, 0.5) is 0 Å². The van der Waals surface area contributed by atoms with Crippen LogP contribution in [0.15, 0.2) is 0 Å². The van der Waals surface area contributed by atoms with E-state index in [1.807, 2.05) is 13.8 Å². The molecule has 96 valence electrons. The summed E-state index contributed by atoms with van der Waals surface area (Å²) in [5.41, 5.74) is 0. The SMILES string of the molecule is CCC(C)N(CC)S(=O)(=O)CCCC(=O)O. The van der Waals surface area contributed by atoms with Crippen LogP contribution >= 0.6 is 0 Å². The lowest BCUT2D eigenvalue weighted by molar-refractivity contribution is -0.137. The number of nitrogens with zero attached hydrogens (tertiary/aromatic N) is 1. The number of hydrogen-bond acceptors (Lipinski definition) is 3. The van der Waals surface area contributed by atoms with E-state index in [4.69, 9.17) is 5.11 Å². The van der Waals surface area contributed by atoms with Gasteiger partial charge in [-0.05, 0) is 19.8 Å². The average molecular weight is 251 g/mol. The maximum absolute atomic E-state index is 11.9. The Morgan fingerprint density at radius 3 is 2.31 bits per heavy atom. The molecule has 0 aliphatic rings. The lowest BCUT2D eigenvalue weighted by Gasteiger charge is -2.26. The number of sulfonamides is 1. The Bertz CT molecular complexity index is 313. The van der Waals surface area contributed by atoms with Crippen molar-refractivity contribution in [2.24, 2.45) is 0 Å². The number of rotatable bonds is 8. The van der Waals surface area contributed by atoms with Gasteiger partial charge in [-0.25, -0.2) is 8.42 Å². The number of carboxylic acid groups (broad SMARTS) is 1. The predicted molar refractivity (Wildman–Crippen MR) is 62.8 cm³/mol. The molecular formula is C10H21NO4S. The zero-order chi connectivity index (χ0) is 12.8. The molecule has 1 atom stereocenters. The Morgan fingerprint density at radius 2 is 1.94 bits per heavy atom. The summed E-state index contributed by atoms with van der Waals surface area (Å²) in [5, 5.41) is 8.45. The van der Waals surface area contributed by atoms with Gasteiger partial charge < -0.3 is 5.11 Å². The van der Waals surface area contributed by atoms with Gasteiger partial charge in [0, 0.05) is 19.0 Å². The Hall–Kier alpha value is -0.620. The third-order valence-electron chi connectivity index (χ3n) is 2.54. The predicted octanol–water partition coefficient (Wildman–Crippen LogP) is 1.30. The Morgan fingerprint density at radius 1 is 1.38 bits per heavy atom. The molecular weight excluding hydrogens is 230 g/mol. The van der Waals surface area contributed by atoms with Crippen molar-refractivity contribution in [1.82, 2.24) is 4.31 Å². The molecule has 0 aromatic heterocycles. The summed E-state index contributed by atoms with van der Waals surface area (Å²) in [7, 11) is -3.31. The van der Waals surface area contributed by atoms with Crippen molar-refractivity contribution in [3.8, 4) is 0 Å². The highest BCUT2D eigenvalue weighted by atomic mass is 32.2. The fourth-order valence-electron chi connectivity index (χ4n) is 1.51. The van der Waals surface area contributed by atoms with Crippen LogP contribution in [0, 0.1) is 0 Å². The third-order valence-corrected chi connectivity index (χ3v) is 4.68. The molecule has 0 aromatic carbocycles. The molecule has 1 unspecified atom stereocenters. The van der Waals surface area contributed by atoms with Gasteiger partial charge in [0.05, 0.1) is 5.75 Å². The number of carboxylic acids is 1. The second-order valence-electron chi connectivity index (χ2n) is 3.77. The molecule has 16 heavy (non-hydrogen) atoms. The van der Waals surface area contributed by atoms with E-state index in [9.17, 15) is 13.2 Å². The first-order valence-corrected chi connectivity index (χ1v) is 7.17. The monoisotopic (exact) mass is 251 g/mol. The van der Waals surface area contributed by atoms with Crippen molar-refractivity contribution in [1.29, 1.82) is 0 Å². The highest BCUT2D eigenvalue weighted by molar-refractivity contribution is 7.89. The van der Waals surface area contributed by atoms with Crippen LogP contribution in [0.25, 0.3) is 0 Å². The van der Waals surface area contributed by atoms with Gasteiger partial charge in [-0.15, -0.1) is 0 Å². The molecule has 0 rings (SSSR count). The zero-order valence-corrected chi connectivity index (χ0v) is 11.0. The van der Waals surface area contributed by atoms with Gasteiger partial charge in [-0.2, -0.15) is 4.31 Å². The summed E-state index contributed by atoms with van der Waals surface area (Å²) in [4.78, 5) is 10.3. The van der Waals surface area contributed by atoms with Gasteiger partial charge in [0.25, 0.3) is 0 Å². The molecule has 0 amide bonds. The Labute approximate surface area is 97.5 Å². The zero-order valence-electron chi connectivity index (χ0n) is 10.1. The van der Waals surface area contributed by atoms with Crippen molar-refractivity contribution >= 4 is 16.0 Å². The summed E-state index contributed by atoms with van der Waals surface area (Å²) >= 11 is 0. The summed E-state index contributed by atoms with van der Waals surface area (Å²) in [5.74, 6) is -1.04. The quantitative estimate of drug-likeness (QED) is 0.705. The molecule has 0 radical (unpaired) electrons. The first-order valence-electron chi connectivity index (χ1n) is 5.56. The fraction of sp³-hybridized carbons (Fsp3) is 0.900. The molecule has 0 spiro atoms. The highest BCUT2D eigenvalue weighted by Gasteiger charge is 2.24. The lowest BCUT2D eigenvalue weighted by atomic mass is 10.3. The third kappa shape index (κ3) is 4.94. The molecule has 0 aliphatic carbocycles. The molecule has 0 bridgehead atoms. The first-order chi connectivity index (χ1) is 7.35. The van der Waals surface area contributed by atoms with Gasteiger partial charge in [-0.3, -0.25) is 4.79 Å². The smallest absolute Gasteiger partial charge is 0.303 e. The fourth-order valence-corrected chi connectivity index (χ4v) is 3.34. The van der Waals surface area contributed by atoms with Gasteiger partial charge in [0.15, 0.2) is 0 Å². The van der Waals surface area contributed by atoms with Crippen LogP contribution in [0.5, 0.6) is 0 Å². The Kier molecular flexibility index (Phi) is 6.59. The lowest BCUT2D eigenvalue weighted by Crippen LogP contribution is -2.39. The number of carbonyl (C=O) groups is 1. The second-order valence-corrected chi connectivity index (χ2v) is 5.82. The van der Waals surface area contributed by atoms with E-state index >= 15 is 0 Å². The normalized spacial score (nSPS) is 14.0. The molecule has 0 aromatic rings. The maximum Gasteiger partial charge on any atom is 0.303 e. The largest absolute Gasteiger partial charge is 0.481 e. The van der Waals surface area contributed by atoms with Gasteiger partial charge in [0.2, 0.25) is 10.0 Å². The van der Waals surface area contributed by atoms with E-state index in [2.05, 4.69) is 0 Å². The minimum absolute atomic E-state index is 0.0279. The molecule has 0 fully saturated rings. The Balaban J connectivity index is 4.44. The van der Waals surface area contributed by atoms with Crippen LogP contribution in [-0.2, 0) is 14.8 Å². The van der Waals surface area contributed by atoms with Crippen molar-refractivity contribution in [2.75, 3.05) is 12.3 Å². The van der Waals surface area contributed by atoms with Gasteiger partial charge in [0.1, 0.15) is 0 Å². The molecule has 0 saturated heterocycles. The maximum atomic E-state index is 11.9. The minimum Gasteiger partial charge on any atom is -0.481 e. The van der Waals surface area contributed by atoms with Crippen molar-refractivity contribution in [3.05, 3.63) is 0 Å². The van der Waals surface area contributed by atoms with Crippen LogP contribution in [0.1, 0.15) is 40.0 Å². The van der Waals surface area contributed by atoms with E-state index in [-0.39, 0.29) is 24.6 Å². The first kappa shape index (κ1) is 15.4. The van der Waals surface area contributed by atoms with E-state index in [0.717, 1.165) is 6.42 Å². The molecule has 5 nitrogen and oxygen atoms in total. The van der Waals surface area contributed by atoms with E-state index in [1.165, 1.54) is 4.31 Å². The number of hydrogen-bond donors (Lipinski definition) is 1. The van der Waals surface area contributed by atoms with Crippen molar-refractivity contribution in [2.45, 2.75) is 46.1 Å². The van der Waals surface area contributed by atoms with Gasteiger partial charge in [-0.1, -0.05) is 13.8 Å². The van der Waals surface area contributed by atoms with Crippen LogP contribution in [0.3, 0.4) is 0 Å². The minimum atomic E-state index is -3.31. The van der Waals surface area contributed by atoms with Crippen molar-refractivity contribution < 1.29 is 18.3 Å². The average Bonchev–Trinajstić information content (AvgIpc) is 2.16. The highest BCUT2D eigenvalue weighted by Crippen LogP contribution is 2.11. The summed E-state index contributed by atoms with van der Waals surface area (Å²) in [6, 6.07) is -0.0279. The standard InChI is InChI=1S/C10H21NO4S/c1-4-9(3)11(5-2)16(14,15)8-6-7-10(12)13/h9H,4-8H2,1-3H3,(H,12,13). The van der Waals surface area contributed by atoms with E-state index < -0.39 is 16.0 Å².